The summed E-state index contributed by atoms with van der Waals surface area (Å²) in [6.07, 6.45) is -0.171. The molecule has 7 nitrogen and oxygen atoms in total. The molecule has 1 unspecified atom stereocenters. The molecule has 1 aliphatic rings. The zero-order valence-electron chi connectivity index (χ0n) is 21.5. The SMILES string of the molecule is COc1cc(/C(O)=C2/C(=O)C(=O)N(c3ccc(CC(=O)O)cc3)C2c2ccc(C(C)(C)C)cc2)ccc1Cl. The van der Waals surface area contributed by atoms with Gasteiger partial charge in [0.25, 0.3) is 11.7 Å². The number of methoxy groups -OCH3 is 1. The van der Waals surface area contributed by atoms with Crippen molar-refractivity contribution >= 4 is 40.7 Å². The molecule has 0 aliphatic carbocycles. The number of ether oxygens (including phenoxy) is 1. The van der Waals surface area contributed by atoms with Gasteiger partial charge in [0.05, 0.1) is 30.2 Å². The Morgan fingerprint density at radius 2 is 1.61 bits per heavy atom. The summed E-state index contributed by atoms with van der Waals surface area (Å²) in [5, 5.41) is 20.8. The molecular formula is C30H28ClNO6. The van der Waals surface area contributed by atoms with Crippen LogP contribution >= 0.6 is 11.6 Å². The molecule has 3 aromatic rings. The Morgan fingerprint density at radius 1 is 0.974 bits per heavy atom. The lowest BCUT2D eigenvalue weighted by atomic mass is 9.85. The number of carboxylic acids is 1. The maximum atomic E-state index is 13.4. The number of benzene rings is 3. The number of carbonyl (C=O) groups is 3. The molecule has 1 saturated heterocycles. The van der Waals surface area contributed by atoms with Crippen LogP contribution in [0.5, 0.6) is 5.75 Å². The van der Waals surface area contributed by atoms with Gasteiger partial charge in [-0.05, 0) is 52.4 Å². The van der Waals surface area contributed by atoms with E-state index in [0.29, 0.717) is 27.6 Å². The number of halogens is 1. The van der Waals surface area contributed by atoms with Gasteiger partial charge in [0.15, 0.2) is 0 Å². The molecule has 196 valence electrons. The van der Waals surface area contributed by atoms with Crippen molar-refractivity contribution in [1.29, 1.82) is 0 Å². The number of nitrogens with zero attached hydrogens (tertiary/aromatic N) is 1. The van der Waals surface area contributed by atoms with Crippen molar-refractivity contribution < 1.29 is 29.3 Å². The molecular weight excluding hydrogens is 506 g/mol. The summed E-state index contributed by atoms with van der Waals surface area (Å²) in [6.45, 7) is 6.25. The zero-order valence-corrected chi connectivity index (χ0v) is 22.2. The van der Waals surface area contributed by atoms with Gasteiger partial charge in [-0.25, -0.2) is 0 Å². The fourth-order valence-electron chi connectivity index (χ4n) is 4.49. The molecule has 1 amide bonds. The monoisotopic (exact) mass is 533 g/mol. The lowest BCUT2D eigenvalue weighted by Gasteiger charge is -2.27. The van der Waals surface area contributed by atoms with E-state index in [4.69, 9.17) is 21.4 Å². The second kappa shape index (κ2) is 10.3. The lowest BCUT2D eigenvalue weighted by molar-refractivity contribution is -0.136. The number of ketones is 1. The lowest BCUT2D eigenvalue weighted by Crippen LogP contribution is -2.29. The van der Waals surface area contributed by atoms with Gasteiger partial charge in [-0.3, -0.25) is 19.3 Å². The van der Waals surface area contributed by atoms with Gasteiger partial charge in [-0.2, -0.15) is 0 Å². The topological polar surface area (TPSA) is 104 Å². The number of aliphatic hydroxyl groups is 1. The molecule has 8 heteroatoms. The van der Waals surface area contributed by atoms with E-state index >= 15 is 0 Å². The largest absolute Gasteiger partial charge is 0.507 e. The van der Waals surface area contributed by atoms with E-state index in [-0.39, 0.29) is 28.7 Å². The van der Waals surface area contributed by atoms with Crippen LogP contribution in [0.25, 0.3) is 5.76 Å². The number of aliphatic hydroxyl groups excluding tert-OH is 1. The molecule has 0 saturated carbocycles. The molecule has 1 fully saturated rings. The number of aliphatic carboxylic acids is 1. The van der Waals surface area contributed by atoms with Gasteiger partial charge in [-0.1, -0.05) is 68.8 Å². The number of rotatable bonds is 6. The number of Topliss-reactive ketones (excluding diaryl/α,β-unsaturated/α-hetero) is 1. The molecule has 0 radical (unpaired) electrons. The van der Waals surface area contributed by atoms with Crippen molar-refractivity contribution in [3.63, 3.8) is 0 Å². The third-order valence-corrected chi connectivity index (χ3v) is 6.84. The van der Waals surface area contributed by atoms with Crippen LogP contribution in [0.3, 0.4) is 0 Å². The Kier molecular flexibility index (Phi) is 7.33. The highest BCUT2D eigenvalue weighted by atomic mass is 35.5. The summed E-state index contributed by atoms with van der Waals surface area (Å²) in [5.41, 5.74) is 2.75. The van der Waals surface area contributed by atoms with Crippen LogP contribution in [0.15, 0.2) is 72.3 Å². The highest BCUT2D eigenvalue weighted by molar-refractivity contribution is 6.51. The van der Waals surface area contributed by atoms with Crippen LogP contribution in [-0.4, -0.2) is 35.0 Å². The maximum absolute atomic E-state index is 13.4. The van der Waals surface area contributed by atoms with Crippen molar-refractivity contribution in [1.82, 2.24) is 0 Å². The van der Waals surface area contributed by atoms with Crippen molar-refractivity contribution in [2.45, 2.75) is 38.6 Å². The summed E-state index contributed by atoms with van der Waals surface area (Å²) >= 11 is 6.15. The second-order valence-corrected chi connectivity index (χ2v) is 10.5. The minimum absolute atomic E-state index is 0.0718. The van der Waals surface area contributed by atoms with Crippen LogP contribution in [-0.2, 0) is 26.2 Å². The molecule has 1 aliphatic heterocycles. The predicted molar refractivity (Wildman–Crippen MR) is 146 cm³/mol. The molecule has 4 rings (SSSR count). The van der Waals surface area contributed by atoms with Gasteiger partial charge >= 0.3 is 5.97 Å². The van der Waals surface area contributed by atoms with E-state index in [1.165, 1.54) is 18.1 Å². The summed E-state index contributed by atoms with van der Waals surface area (Å²) in [6, 6.07) is 17.7. The van der Waals surface area contributed by atoms with Crippen LogP contribution in [0.4, 0.5) is 5.69 Å². The molecule has 0 bridgehead atoms. The minimum atomic E-state index is -0.976. The molecule has 0 spiro atoms. The van der Waals surface area contributed by atoms with Gasteiger partial charge in [-0.15, -0.1) is 0 Å². The first-order valence-corrected chi connectivity index (χ1v) is 12.4. The number of hydrogen-bond acceptors (Lipinski definition) is 5. The van der Waals surface area contributed by atoms with Crippen LogP contribution in [0.2, 0.25) is 5.02 Å². The van der Waals surface area contributed by atoms with E-state index in [1.807, 2.05) is 24.3 Å². The Morgan fingerprint density at radius 3 is 2.16 bits per heavy atom. The Balaban J connectivity index is 1.89. The van der Waals surface area contributed by atoms with Gasteiger partial charge in [0, 0.05) is 11.3 Å². The van der Waals surface area contributed by atoms with Crippen molar-refractivity contribution in [2.75, 3.05) is 12.0 Å². The first-order valence-electron chi connectivity index (χ1n) is 12.0. The zero-order chi connectivity index (χ0) is 27.8. The average Bonchev–Trinajstić information content (AvgIpc) is 3.14. The maximum Gasteiger partial charge on any atom is 0.307 e. The number of hydrogen-bond donors (Lipinski definition) is 2. The molecule has 0 aromatic heterocycles. The quantitative estimate of drug-likeness (QED) is 0.232. The van der Waals surface area contributed by atoms with Crippen molar-refractivity contribution in [3.8, 4) is 5.75 Å². The van der Waals surface area contributed by atoms with E-state index in [2.05, 4.69) is 20.8 Å². The highest BCUT2D eigenvalue weighted by Gasteiger charge is 2.47. The Hall–Kier alpha value is -4.10. The van der Waals surface area contributed by atoms with Crippen LogP contribution in [0, 0.1) is 0 Å². The second-order valence-electron chi connectivity index (χ2n) is 10.1. The fourth-order valence-corrected chi connectivity index (χ4v) is 4.69. The van der Waals surface area contributed by atoms with Gasteiger partial charge in [0.2, 0.25) is 0 Å². The molecule has 1 atom stereocenters. The van der Waals surface area contributed by atoms with E-state index in [0.717, 1.165) is 5.56 Å². The fraction of sp³-hybridized carbons (Fsp3) is 0.233. The third kappa shape index (κ3) is 5.15. The Labute approximate surface area is 225 Å². The van der Waals surface area contributed by atoms with Crippen molar-refractivity contribution in [2.24, 2.45) is 0 Å². The molecule has 38 heavy (non-hydrogen) atoms. The number of carboxylic acid groups (broad SMARTS) is 1. The van der Waals surface area contributed by atoms with Crippen LogP contribution < -0.4 is 9.64 Å². The molecule has 2 N–H and O–H groups in total. The number of carbonyl (C=O) groups excluding carboxylic acids is 2. The third-order valence-electron chi connectivity index (χ3n) is 6.53. The minimum Gasteiger partial charge on any atom is -0.507 e. The van der Waals surface area contributed by atoms with Gasteiger partial charge < -0.3 is 14.9 Å². The standard InChI is InChI=1S/C30H28ClNO6/c1-30(2,3)20-10-7-18(8-11-20)26-25(27(35)19-9-14-22(31)23(16-19)38-4)28(36)29(37)32(26)21-12-5-17(6-13-21)15-24(33)34/h5-14,16,26,35H,15H2,1-4H3,(H,33,34)/b27-25-. The number of amides is 1. The van der Waals surface area contributed by atoms with Gasteiger partial charge in [0.1, 0.15) is 11.5 Å². The number of anilines is 1. The first kappa shape index (κ1) is 26.9. The summed E-state index contributed by atoms with van der Waals surface area (Å²) in [5.74, 6) is -2.66. The average molecular weight is 534 g/mol. The van der Waals surface area contributed by atoms with Crippen molar-refractivity contribution in [3.05, 3.63) is 99.6 Å². The summed E-state index contributed by atoms with van der Waals surface area (Å²) < 4.78 is 5.26. The molecule has 3 aromatic carbocycles. The predicted octanol–water partition coefficient (Wildman–Crippen LogP) is 5.90. The molecule has 1 heterocycles. The van der Waals surface area contributed by atoms with E-state index in [9.17, 15) is 19.5 Å². The van der Waals surface area contributed by atoms with Crippen LogP contribution in [0.1, 0.15) is 49.1 Å². The summed E-state index contributed by atoms with van der Waals surface area (Å²) in [7, 11) is 1.44. The normalized spacial score (nSPS) is 17.1. The van der Waals surface area contributed by atoms with E-state index in [1.54, 1.807) is 36.4 Å². The summed E-state index contributed by atoms with van der Waals surface area (Å²) in [4.78, 5) is 39.2. The first-order chi connectivity index (χ1) is 17.9. The smallest absolute Gasteiger partial charge is 0.307 e. The van der Waals surface area contributed by atoms with E-state index < -0.39 is 23.7 Å². The highest BCUT2D eigenvalue weighted by Crippen LogP contribution is 2.43. The Bertz CT molecular complexity index is 1440.